The zero-order valence-corrected chi connectivity index (χ0v) is 17.9. The van der Waals surface area contributed by atoms with Crippen LogP contribution in [0.4, 0.5) is 5.69 Å². The number of hydrogen-bond acceptors (Lipinski definition) is 4. The minimum atomic E-state index is -1.18. The molecule has 0 aliphatic carbocycles. The van der Waals surface area contributed by atoms with E-state index in [9.17, 15) is 14.7 Å². The van der Waals surface area contributed by atoms with Crippen molar-refractivity contribution in [3.05, 3.63) is 84.4 Å². The molecule has 160 valence electrons. The molecule has 0 saturated carbocycles. The van der Waals surface area contributed by atoms with Gasteiger partial charge in [-0.25, -0.2) is 0 Å². The van der Waals surface area contributed by atoms with Crippen LogP contribution in [-0.4, -0.2) is 18.5 Å². The Bertz CT molecular complexity index is 1040. The zero-order chi connectivity index (χ0) is 22.4. The van der Waals surface area contributed by atoms with Gasteiger partial charge in [0.1, 0.15) is 5.75 Å². The maximum atomic E-state index is 12.5. The molecule has 0 bridgehead atoms. The summed E-state index contributed by atoms with van der Waals surface area (Å²) >= 11 is 0. The molecule has 1 atom stereocenters. The van der Waals surface area contributed by atoms with Crippen molar-refractivity contribution in [1.82, 2.24) is 0 Å². The fraction of sp³-hybridized carbons (Fsp3) is 0.231. The molecule has 1 amide bonds. The van der Waals surface area contributed by atoms with E-state index in [-0.39, 0.29) is 12.5 Å². The van der Waals surface area contributed by atoms with Crippen molar-refractivity contribution in [3.8, 4) is 16.9 Å². The van der Waals surface area contributed by atoms with E-state index in [0.29, 0.717) is 17.0 Å². The highest BCUT2D eigenvalue weighted by atomic mass is 16.5. The molecule has 0 heterocycles. The van der Waals surface area contributed by atoms with Crippen molar-refractivity contribution in [3.63, 3.8) is 0 Å². The lowest BCUT2D eigenvalue weighted by molar-refractivity contribution is -0.310. The van der Waals surface area contributed by atoms with Gasteiger partial charge >= 0.3 is 0 Å². The molecule has 3 aromatic rings. The van der Waals surface area contributed by atoms with Crippen molar-refractivity contribution in [1.29, 1.82) is 0 Å². The number of nitrogens with one attached hydrogen (secondary N) is 1. The summed E-state index contributed by atoms with van der Waals surface area (Å²) in [5.74, 6) is -1.84. The van der Waals surface area contributed by atoms with E-state index >= 15 is 0 Å². The van der Waals surface area contributed by atoms with Crippen molar-refractivity contribution < 1.29 is 19.4 Å². The van der Waals surface area contributed by atoms with Gasteiger partial charge in [-0.05, 0) is 40.3 Å². The number of aliphatic carboxylic acids is 1. The highest BCUT2D eigenvalue weighted by Crippen LogP contribution is 2.38. The van der Waals surface area contributed by atoms with Gasteiger partial charge in [0.15, 0.2) is 6.61 Å². The Kier molecular flexibility index (Phi) is 6.75. The molecule has 0 aromatic heterocycles. The smallest absolute Gasteiger partial charge is 0.262 e. The Balaban J connectivity index is 1.66. The Morgan fingerprint density at radius 2 is 1.45 bits per heavy atom. The normalized spacial score (nSPS) is 12.1. The van der Waals surface area contributed by atoms with E-state index in [1.165, 1.54) is 0 Å². The third-order valence-corrected chi connectivity index (χ3v) is 4.98. The number of anilines is 1. The van der Waals surface area contributed by atoms with Crippen molar-refractivity contribution in [2.75, 3.05) is 11.9 Å². The Hall–Kier alpha value is -3.60. The Labute approximate surface area is 182 Å². The van der Waals surface area contributed by atoms with E-state index in [2.05, 4.69) is 5.32 Å². The molecule has 3 rings (SSSR count). The summed E-state index contributed by atoms with van der Waals surface area (Å²) < 4.78 is 5.61. The van der Waals surface area contributed by atoms with E-state index in [1.54, 1.807) is 24.3 Å². The second-order valence-electron chi connectivity index (χ2n) is 8.43. The molecule has 31 heavy (non-hydrogen) atoms. The number of para-hydroxylation sites is 1. The van der Waals surface area contributed by atoms with Gasteiger partial charge < -0.3 is 20.0 Å². The first-order chi connectivity index (χ1) is 14.8. The van der Waals surface area contributed by atoms with E-state index in [1.807, 2.05) is 75.4 Å². The fourth-order valence-corrected chi connectivity index (χ4v) is 3.52. The van der Waals surface area contributed by atoms with Crippen LogP contribution in [0.2, 0.25) is 0 Å². The number of hydrogen-bond donors (Lipinski definition) is 1. The first kappa shape index (κ1) is 22.1. The first-order valence-corrected chi connectivity index (χ1v) is 10.1. The highest BCUT2D eigenvalue weighted by Gasteiger charge is 2.29. The summed E-state index contributed by atoms with van der Waals surface area (Å²) in [6, 6.07) is 24.4. The summed E-state index contributed by atoms with van der Waals surface area (Å²) in [4.78, 5) is 24.2. The van der Waals surface area contributed by atoms with Crippen molar-refractivity contribution in [2.45, 2.75) is 26.7 Å². The van der Waals surface area contributed by atoms with Crippen LogP contribution >= 0.6 is 0 Å². The molecule has 3 aromatic carbocycles. The van der Waals surface area contributed by atoms with Crippen LogP contribution in [0.5, 0.6) is 5.75 Å². The molecule has 0 spiro atoms. The lowest BCUT2D eigenvalue weighted by Crippen LogP contribution is -2.37. The molecule has 0 aliphatic heterocycles. The number of rotatable bonds is 7. The number of carbonyl (C=O) groups is 2. The predicted octanol–water partition coefficient (Wildman–Crippen LogP) is 4.25. The van der Waals surface area contributed by atoms with Gasteiger partial charge in [0.05, 0.1) is 0 Å². The summed E-state index contributed by atoms with van der Waals surface area (Å²) in [5, 5.41) is 14.5. The molecule has 0 aliphatic rings. The number of carboxylic acid groups (broad SMARTS) is 1. The second-order valence-corrected chi connectivity index (χ2v) is 8.43. The van der Waals surface area contributed by atoms with Gasteiger partial charge in [0, 0.05) is 17.6 Å². The molecule has 1 unspecified atom stereocenters. The average molecular weight is 416 g/mol. The van der Waals surface area contributed by atoms with Gasteiger partial charge in [-0.1, -0.05) is 81.4 Å². The van der Waals surface area contributed by atoms with Crippen molar-refractivity contribution in [2.24, 2.45) is 5.41 Å². The fourth-order valence-electron chi connectivity index (χ4n) is 3.52. The number of ether oxygens (including phenoxy) is 1. The number of carboxylic acids is 1. The minimum absolute atomic E-state index is 0.190. The topological polar surface area (TPSA) is 78.5 Å². The monoisotopic (exact) mass is 416 g/mol. The zero-order valence-electron chi connectivity index (χ0n) is 17.9. The second kappa shape index (κ2) is 9.47. The van der Waals surface area contributed by atoms with Crippen molar-refractivity contribution >= 4 is 17.6 Å². The van der Waals surface area contributed by atoms with E-state index < -0.39 is 17.3 Å². The third-order valence-electron chi connectivity index (χ3n) is 4.98. The van der Waals surface area contributed by atoms with Crippen LogP contribution in [0.15, 0.2) is 78.9 Å². The third kappa shape index (κ3) is 5.72. The van der Waals surface area contributed by atoms with Crippen LogP contribution in [0.1, 0.15) is 32.3 Å². The van der Waals surface area contributed by atoms with Gasteiger partial charge in [0.25, 0.3) is 5.91 Å². The van der Waals surface area contributed by atoms with Gasteiger partial charge in [-0.2, -0.15) is 0 Å². The minimum Gasteiger partial charge on any atom is -0.549 e. The standard InChI is InChI=1S/C26H27NO4/c1-26(2,3)24(25(29)30)21-11-7-8-12-22(21)27-23(28)17-31-20-15-13-19(14-16-20)18-9-5-4-6-10-18/h4-16,24H,17H2,1-3H3,(H,27,28)(H,29,30)/p-1. The first-order valence-electron chi connectivity index (χ1n) is 10.1. The lowest BCUT2D eigenvalue weighted by atomic mass is 9.76. The molecule has 0 saturated heterocycles. The Morgan fingerprint density at radius 1 is 0.871 bits per heavy atom. The Morgan fingerprint density at radius 3 is 2.06 bits per heavy atom. The maximum absolute atomic E-state index is 12.5. The number of amides is 1. The summed E-state index contributed by atoms with van der Waals surface area (Å²) in [7, 11) is 0. The van der Waals surface area contributed by atoms with Crippen LogP contribution in [-0.2, 0) is 9.59 Å². The van der Waals surface area contributed by atoms with Crippen LogP contribution < -0.4 is 15.2 Å². The number of carbonyl (C=O) groups excluding carboxylic acids is 2. The van der Waals surface area contributed by atoms with E-state index in [0.717, 1.165) is 11.1 Å². The maximum Gasteiger partial charge on any atom is 0.262 e. The van der Waals surface area contributed by atoms with Crippen LogP contribution in [0, 0.1) is 5.41 Å². The molecule has 5 heteroatoms. The average Bonchev–Trinajstić information content (AvgIpc) is 2.73. The van der Waals surface area contributed by atoms with Crippen LogP contribution in [0.25, 0.3) is 11.1 Å². The van der Waals surface area contributed by atoms with E-state index in [4.69, 9.17) is 4.74 Å². The van der Waals surface area contributed by atoms with Gasteiger partial charge in [-0.3, -0.25) is 4.79 Å². The van der Waals surface area contributed by atoms with Gasteiger partial charge in [-0.15, -0.1) is 0 Å². The largest absolute Gasteiger partial charge is 0.549 e. The molecular weight excluding hydrogens is 390 g/mol. The SMILES string of the molecule is CC(C)(C)C(C(=O)[O-])c1ccccc1NC(=O)COc1ccc(-c2ccccc2)cc1. The molecular formula is C26H26NO4-. The molecule has 1 N–H and O–H groups in total. The predicted molar refractivity (Wildman–Crippen MR) is 120 cm³/mol. The summed E-state index contributed by atoms with van der Waals surface area (Å²) in [6.07, 6.45) is 0. The molecule has 0 radical (unpaired) electrons. The summed E-state index contributed by atoms with van der Waals surface area (Å²) in [6.45, 7) is 5.29. The van der Waals surface area contributed by atoms with Gasteiger partial charge in [0.2, 0.25) is 0 Å². The van der Waals surface area contributed by atoms with Crippen LogP contribution in [0.3, 0.4) is 0 Å². The lowest BCUT2D eigenvalue weighted by Gasteiger charge is -2.33. The molecule has 5 nitrogen and oxygen atoms in total. The summed E-state index contributed by atoms with van der Waals surface area (Å²) in [5.41, 5.74) is 2.54. The quantitative estimate of drug-likeness (QED) is 0.625. The molecule has 0 fully saturated rings. The highest BCUT2D eigenvalue weighted by molar-refractivity contribution is 5.93. The number of benzene rings is 3.